The first-order valence-corrected chi connectivity index (χ1v) is 6.98. The fraction of sp³-hybridized carbons (Fsp3) is 0.235. The first-order chi connectivity index (χ1) is 10.2. The number of nitrogens with two attached hydrogens (primary N) is 1. The lowest BCUT2D eigenvalue weighted by Gasteiger charge is -2.07. The highest BCUT2D eigenvalue weighted by atomic mass is 16.5. The van der Waals surface area contributed by atoms with Gasteiger partial charge in [-0.2, -0.15) is 0 Å². The zero-order valence-electron chi connectivity index (χ0n) is 12.7. The van der Waals surface area contributed by atoms with Crippen LogP contribution in [0, 0.1) is 0 Å². The van der Waals surface area contributed by atoms with Crippen molar-refractivity contribution in [3.8, 4) is 0 Å². The first-order valence-electron chi connectivity index (χ1n) is 6.98. The van der Waals surface area contributed by atoms with Crippen molar-refractivity contribution in [3.63, 3.8) is 0 Å². The van der Waals surface area contributed by atoms with E-state index >= 15 is 0 Å². The smallest absolute Gasteiger partial charge is 0.251 e. The summed E-state index contributed by atoms with van der Waals surface area (Å²) in [6.45, 7) is 4.00. The highest BCUT2D eigenvalue weighted by Crippen LogP contribution is 2.17. The van der Waals surface area contributed by atoms with E-state index < -0.39 is 0 Å². The zero-order valence-corrected chi connectivity index (χ0v) is 12.7. The summed E-state index contributed by atoms with van der Waals surface area (Å²) in [7, 11) is 1.55. The SMILES string of the molecule is CC.COC1=C(N)C=C(C(=O)Nc2ccccc2)CC=C1. The van der Waals surface area contributed by atoms with Crippen LogP contribution in [0.4, 0.5) is 5.69 Å². The van der Waals surface area contributed by atoms with Crippen molar-refractivity contribution in [2.45, 2.75) is 20.3 Å². The Morgan fingerprint density at radius 1 is 1.24 bits per heavy atom. The van der Waals surface area contributed by atoms with Gasteiger partial charge in [0.15, 0.2) is 0 Å². The molecule has 0 bridgehead atoms. The largest absolute Gasteiger partial charge is 0.495 e. The predicted octanol–water partition coefficient (Wildman–Crippen LogP) is 3.35. The van der Waals surface area contributed by atoms with E-state index in [-0.39, 0.29) is 5.91 Å². The van der Waals surface area contributed by atoms with Gasteiger partial charge in [-0.1, -0.05) is 38.1 Å². The third-order valence-corrected chi connectivity index (χ3v) is 2.76. The van der Waals surface area contributed by atoms with Crippen LogP contribution in [0.15, 0.2) is 65.6 Å². The average molecular weight is 286 g/mol. The van der Waals surface area contributed by atoms with Crippen molar-refractivity contribution in [1.82, 2.24) is 0 Å². The maximum Gasteiger partial charge on any atom is 0.251 e. The summed E-state index contributed by atoms with van der Waals surface area (Å²) in [6.07, 6.45) is 5.80. The van der Waals surface area contributed by atoms with Gasteiger partial charge < -0.3 is 15.8 Å². The van der Waals surface area contributed by atoms with Crippen molar-refractivity contribution in [2.24, 2.45) is 5.73 Å². The topological polar surface area (TPSA) is 64.3 Å². The first kappa shape index (κ1) is 16.6. The number of ether oxygens (including phenoxy) is 1. The Labute approximate surface area is 126 Å². The molecule has 0 saturated carbocycles. The molecular weight excluding hydrogens is 264 g/mol. The van der Waals surface area contributed by atoms with E-state index in [1.807, 2.05) is 50.3 Å². The standard InChI is InChI=1S/C15H16N2O2.C2H6/c1-19-14-9-5-6-11(10-13(14)16)15(18)17-12-7-3-2-4-8-12;1-2/h2-5,7-10H,6,16H2,1H3,(H,17,18);1-2H3. The number of rotatable bonds is 3. The van der Waals surface area contributed by atoms with E-state index in [9.17, 15) is 4.79 Å². The van der Waals surface area contributed by atoms with Crippen LogP contribution in [0.25, 0.3) is 0 Å². The minimum Gasteiger partial charge on any atom is -0.495 e. The minimum atomic E-state index is -0.156. The average Bonchev–Trinajstić information content (AvgIpc) is 2.71. The summed E-state index contributed by atoms with van der Waals surface area (Å²) in [4.78, 5) is 12.1. The molecular formula is C17H22N2O2. The fourth-order valence-electron chi connectivity index (χ4n) is 1.78. The molecule has 2 rings (SSSR count). The molecule has 0 saturated heterocycles. The van der Waals surface area contributed by atoms with Crippen molar-refractivity contribution in [3.05, 3.63) is 65.6 Å². The highest BCUT2D eigenvalue weighted by Gasteiger charge is 2.12. The molecule has 1 aliphatic rings. The quantitative estimate of drug-likeness (QED) is 0.895. The van der Waals surface area contributed by atoms with E-state index in [2.05, 4.69) is 5.32 Å². The van der Waals surface area contributed by atoms with Gasteiger partial charge in [0.2, 0.25) is 0 Å². The summed E-state index contributed by atoms with van der Waals surface area (Å²) < 4.78 is 5.12. The Morgan fingerprint density at radius 3 is 2.52 bits per heavy atom. The maximum absolute atomic E-state index is 12.1. The number of nitrogens with one attached hydrogen (secondary N) is 1. The Morgan fingerprint density at radius 2 is 1.90 bits per heavy atom. The van der Waals surface area contributed by atoms with Crippen LogP contribution in [-0.2, 0) is 9.53 Å². The minimum absolute atomic E-state index is 0.156. The van der Waals surface area contributed by atoms with E-state index in [1.165, 1.54) is 0 Å². The van der Waals surface area contributed by atoms with Crippen molar-refractivity contribution in [1.29, 1.82) is 0 Å². The lowest BCUT2D eigenvalue weighted by molar-refractivity contribution is -0.112. The lowest BCUT2D eigenvalue weighted by Crippen LogP contribution is -2.14. The molecule has 0 spiro atoms. The number of amides is 1. The molecule has 4 nitrogen and oxygen atoms in total. The van der Waals surface area contributed by atoms with Gasteiger partial charge >= 0.3 is 0 Å². The number of methoxy groups -OCH3 is 1. The van der Waals surface area contributed by atoms with Gasteiger partial charge in [-0.25, -0.2) is 0 Å². The van der Waals surface area contributed by atoms with Crippen LogP contribution in [-0.4, -0.2) is 13.0 Å². The Kier molecular flexibility index (Phi) is 6.81. The van der Waals surface area contributed by atoms with Crippen LogP contribution < -0.4 is 11.1 Å². The second-order valence-electron chi connectivity index (χ2n) is 4.12. The molecule has 0 heterocycles. The predicted molar refractivity (Wildman–Crippen MR) is 86.5 cm³/mol. The normalized spacial score (nSPS) is 13.6. The number of carbonyl (C=O) groups is 1. The summed E-state index contributed by atoms with van der Waals surface area (Å²) in [5.41, 5.74) is 7.67. The lowest BCUT2D eigenvalue weighted by atomic mass is 10.1. The molecule has 1 amide bonds. The van der Waals surface area contributed by atoms with Crippen molar-refractivity contribution in [2.75, 3.05) is 12.4 Å². The molecule has 1 aromatic rings. The van der Waals surface area contributed by atoms with Gasteiger partial charge in [-0.15, -0.1) is 0 Å². The van der Waals surface area contributed by atoms with Gasteiger partial charge in [0.25, 0.3) is 5.91 Å². The van der Waals surface area contributed by atoms with E-state index in [0.29, 0.717) is 23.5 Å². The number of para-hydroxylation sites is 1. The number of allylic oxidation sites excluding steroid dienone is 3. The molecule has 0 atom stereocenters. The van der Waals surface area contributed by atoms with Crippen LogP contribution in [0.1, 0.15) is 20.3 Å². The number of carbonyl (C=O) groups excluding carboxylic acids is 1. The number of anilines is 1. The zero-order chi connectivity index (χ0) is 15.7. The van der Waals surface area contributed by atoms with Gasteiger partial charge in [-0.3, -0.25) is 4.79 Å². The molecule has 4 heteroatoms. The third kappa shape index (κ3) is 4.84. The summed E-state index contributed by atoms with van der Waals surface area (Å²) in [5.74, 6) is 0.415. The third-order valence-electron chi connectivity index (χ3n) is 2.76. The van der Waals surface area contributed by atoms with E-state index in [1.54, 1.807) is 19.3 Å². The Balaban J connectivity index is 0.00000106. The highest BCUT2D eigenvalue weighted by molar-refractivity contribution is 6.04. The second-order valence-corrected chi connectivity index (χ2v) is 4.12. The molecule has 0 aromatic heterocycles. The number of hydrogen-bond acceptors (Lipinski definition) is 3. The summed E-state index contributed by atoms with van der Waals surface area (Å²) in [6, 6.07) is 9.31. The Bertz CT molecular complexity index is 557. The van der Waals surface area contributed by atoms with Gasteiger partial charge in [0.05, 0.1) is 12.8 Å². The molecule has 21 heavy (non-hydrogen) atoms. The molecule has 1 aliphatic carbocycles. The van der Waals surface area contributed by atoms with Gasteiger partial charge in [0, 0.05) is 11.3 Å². The molecule has 3 N–H and O–H groups in total. The summed E-state index contributed by atoms with van der Waals surface area (Å²) in [5, 5.41) is 2.83. The van der Waals surface area contributed by atoms with Crippen LogP contribution in [0.5, 0.6) is 0 Å². The van der Waals surface area contributed by atoms with Crippen molar-refractivity contribution < 1.29 is 9.53 Å². The van der Waals surface area contributed by atoms with Gasteiger partial charge in [-0.05, 0) is 30.7 Å². The molecule has 112 valence electrons. The monoisotopic (exact) mass is 286 g/mol. The van der Waals surface area contributed by atoms with Crippen LogP contribution in [0.3, 0.4) is 0 Å². The summed E-state index contributed by atoms with van der Waals surface area (Å²) >= 11 is 0. The molecule has 1 aromatic carbocycles. The molecule has 0 unspecified atom stereocenters. The van der Waals surface area contributed by atoms with E-state index in [0.717, 1.165) is 5.69 Å². The van der Waals surface area contributed by atoms with E-state index in [4.69, 9.17) is 10.5 Å². The second kappa shape index (κ2) is 8.64. The number of benzene rings is 1. The molecule has 0 radical (unpaired) electrons. The van der Waals surface area contributed by atoms with Crippen LogP contribution >= 0.6 is 0 Å². The van der Waals surface area contributed by atoms with Gasteiger partial charge in [0.1, 0.15) is 5.76 Å². The van der Waals surface area contributed by atoms with Crippen molar-refractivity contribution >= 4 is 11.6 Å². The van der Waals surface area contributed by atoms with Crippen LogP contribution in [0.2, 0.25) is 0 Å². The molecule has 0 fully saturated rings. The maximum atomic E-state index is 12.1. The Hall–Kier alpha value is -2.49. The molecule has 0 aliphatic heterocycles. The fourth-order valence-corrected chi connectivity index (χ4v) is 1.78. The number of hydrogen-bond donors (Lipinski definition) is 2.